The highest BCUT2D eigenvalue weighted by molar-refractivity contribution is 8.00. The number of halogens is 2. The summed E-state index contributed by atoms with van der Waals surface area (Å²) in [6.07, 6.45) is 2.52. The Balaban J connectivity index is 0.956. The first-order chi connectivity index (χ1) is 36.8. The van der Waals surface area contributed by atoms with Crippen LogP contribution < -0.4 is 5.32 Å². The molecule has 0 spiro atoms. The molecule has 2 saturated heterocycles. The van der Waals surface area contributed by atoms with Crippen molar-refractivity contribution in [3.8, 4) is 0 Å². The number of aliphatic hydroxyl groups is 1. The number of hydrogen-bond donors (Lipinski definition) is 2. The molecule has 0 aliphatic carbocycles. The van der Waals surface area contributed by atoms with Crippen molar-refractivity contribution < 1.29 is 14.7 Å². The molecule has 2 N–H and O–H groups in total. The van der Waals surface area contributed by atoms with Crippen molar-refractivity contribution in [2.75, 3.05) is 51.3 Å². The maximum atomic E-state index is 14.4. The van der Waals surface area contributed by atoms with Gasteiger partial charge in [0, 0.05) is 49.1 Å². The number of carbonyl (C=O) groups excluding carboxylic acids is 1. The summed E-state index contributed by atoms with van der Waals surface area (Å²) in [6, 6.07) is 70.5. The maximum absolute atomic E-state index is 14.4. The minimum atomic E-state index is -0.524. The molecule has 9 rings (SSSR count). The second kappa shape index (κ2) is 26.1. The molecule has 2 aliphatic rings. The minimum absolute atomic E-state index is 0.00661. The van der Waals surface area contributed by atoms with Gasteiger partial charge in [-0.25, -0.2) is 0 Å². The van der Waals surface area contributed by atoms with E-state index in [0.29, 0.717) is 48.3 Å². The van der Waals surface area contributed by atoms with Crippen molar-refractivity contribution in [2.45, 2.75) is 66.2 Å². The van der Waals surface area contributed by atoms with Crippen molar-refractivity contribution in [2.24, 2.45) is 11.1 Å². The van der Waals surface area contributed by atoms with Crippen LogP contribution in [-0.2, 0) is 19.1 Å². The number of hydrogen-bond acceptors (Lipinski definition) is 8. The number of benzene rings is 7. The van der Waals surface area contributed by atoms with E-state index in [1.807, 2.05) is 35.7 Å². The minimum Gasteiger partial charge on any atom is -0.399 e. The van der Waals surface area contributed by atoms with Crippen LogP contribution in [0.25, 0.3) is 0 Å². The van der Waals surface area contributed by atoms with Gasteiger partial charge in [-0.1, -0.05) is 223 Å². The van der Waals surface area contributed by atoms with Crippen LogP contribution in [0, 0.1) is 5.92 Å². The van der Waals surface area contributed by atoms with Gasteiger partial charge in [0.2, 0.25) is 5.91 Å². The number of fused-ring (bicyclic) bond motifs is 2. The van der Waals surface area contributed by atoms with Crippen LogP contribution in [-0.4, -0.2) is 96.1 Å². The molecule has 2 heterocycles. The molecule has 11 heteroatoms. The van der Waals surface area contributed by atoms with E-state index in [-0.39, 0.29) is 36.4 Å². The molecule has 0 radical (unpaired) electrons. The smallest absolute Gasteiger partial charge is 0.234 e. The number of piperidine rings is 1. The number of oxime groups is 1. The number of amides is 1. The first-order valence-electron chi connectivity index (χ1n) is 26.4. The van der Waals surface area contributed by atoms with Gasteiger partial charge in [-0.05, 0) is 89.2 Å². The molecule has 7 aromatic rings. The fourth-order valence-corrected chi connectivity index (χ4v) is 15.3. The number of nitrogens with one attached hydrogen (secondary N) is 1. The van der Waals surface area contributed by atoms with Gasteiger partial charge in [0.05, 0.1) is 37.9 Å². The lowest BCUT2D eigenvalue weighted by Gasteiger charge is -2.46. The zero-order chi connectivity index (χ0) is 52.0. The topological polar surface area (TPSA) is 77.4 Å². The predicted molar refractivity (Wildman–Crippen MR) is 314 cm³/mol. The quantitative estimate of drug-likeness (QED) is 0.0270. The van der Waals surface area contributed by atoms with Crippen LogP contribution in [0.3, 0.4) is 0 Å². The van der Waals surface area contributed by atoms with Gasteiger partial charge in [0.1, 0.15) is 7.11 Å². The second-order valence-electron chi connectivity index (χ2n) is 19.6. The number of aliphatic hydroxyl groups excluding tert-OH is 1. The Morgan fingerprint density at radius 1 is 0.667 bits per heavy atom. The molecule has 0 saturated carbocycles. The Morgan fingerprint density at radius 3 is 1.57 bits per heavy atom. The highest BCUT2D eigenvalue weighted by Crippen LogP contribution is 2.51. The number of rotatable bonds is 24. The summed E-state index contributed by atoms with van der Waals surface area (Å²) < 4.78 is -0.961. The zero-order valence-corrected chi connectivity index (χ0v) is 46.0. The number of thioether (sulfide) groups is 2. The van der Waals surface area contributed by atoms with E-state index in [0.717, 1.165) is 36.4 Å². The van der Waals surface area contributed by atoms with Crippen LogP contribution in [0.5, 0.6) is 0 Å². The molecule has 7 aromatic carbocycles. The molecule has 2 bridgehead atoms. The molecule has 1 amide bonds. The van der Waals surface area contributed by atoms with Gasteiger partial charge in [-0.15, -0.1) is 23.5 Å². The highest BCUT2D eigenvalue weighted by Gasteiger charge is 2.53. The molecule has 5 atom stereocenters. The van der Waals surface area contributed by atoms with E-state index in [9.17, 15) is 9.90 Å². The first kappa shape index (κ1) is 54.4. The van der Waals surface area contributed by atoms with Gasteiger partial charge in [0.15, 0.2) is 0 Å². The van der Waals surface area contributed by atoms with E-state index in [1.54, 1.807) is 7.11 Å². The SMILES string of the molecule is CC/C(=N\OC)[C@@H]1C2[C@H](O)CC(C[C@@H]1c1ccc(Cl)c(Cl)c1)N2CCCN(CCSC(c1ccccc1)(c1ccccc1)c1ccccc1)CC(=O)NCCSC(c1ccccc1)(c1ccccc1)c1ccccc1. The molecule has 0 aromatic heterocycles. The van der Waals surface area contributed by atoms with Crippen molar-refractivity contribution >= 4 is 58.3 Å². The fraction of sp³-hybridized carbons (Fsp3) is 0.312. The lowest BCUT2D eigenvalue weighted by Crippen LogP contribution is -2.53. The normalized spacial score (nSPS) is 19.0. The van der Waals surface area contributed by atoms with E-state index in [2.05, 4.69) is 215 Å². The Morgan fingerprint density at radius 2 is 1.13 bits per heavy atom. The molecule has 75 heavy (non-hydrogen) atoms. The third-order valence-electron chi connectivity index (χ3n) is 15.2. The number of carbonyl (C=O) groups is 1. The summed E-state index contributed by atoms with van der Waals surface area (Å²) in [7, 11) is 1.59. The third-order valence-corrected chi connectivity index (χ3v) is 19.0. The van der Waals surface area contributed by atoms with E-state index < -0.39 is 15.6 Å². The van der Waals surface area contributed by atoms with Crippen molar-refractivity contribution in [3.05, 3.63) is 249 Å². The van der Waals surface area contributed by atoms with Gasteiger partial charge < -0.3 is 15.3 Å². The van der Waals surface area contributed by atoms with Crippen molar-refractivity contribution in [1.29, 1.82) is 0 Å². The standard InChI is InChI=1S/C64H68Cl2N4O3S2/c1-3-58(68-73-2)61-55(47-35-36-56(65)57(66)43-47)44-54-45-59(71)62(61)70(54)39-22-38-69(40-42-75-64(51-29-16-7-17-30-51,52-31-18-8-19-32-52)53-33-20-9-21-34-53)46-60(72)67-37-41-74-63(48-23-10-4-11-24-48,49-25-12-5-13-26-49)50-27-14-6-15-28-50/h4-21,23-36,43,54-55,59,61-62,71H,3,22,37-42,44-46H2,1-2H3,(H,67,72)/b68-58+/t54?,55-,59-,61-,62?/m1/s1. The van der Waals surface area contributed by atoms with E-state index in [1.165, 1.54) is 33.4 Å². The Bertz CT molecular complexity index is 2710. The molecule has 2 aliphatic heterocycles. The molecule has 388 valence electrons. The van der Waals surface area contributed by atoms with Crippen LogP contribution in [0.2, 0.25) is 10.0 Å². The van der Waals surface area contributed by atoms with Crippen LogP contribution in [0.1, 0.15) is 77.5 Å². The lowest BCUT2D eigenvalue weighted by atomic mass is 9.72. The van der Waals surface area contributed by atoms with Crippen LogP contribution in [0.15, 0.2) is 205 Å². The van der Waals surface area contributed by atoms with Crippen LogP contribution in [0.4, 0.5) is 0 Å². The average molecular weight is 1080 g/mol. The number of nitrogens with zero attached hydrogens (tertiary/aromatic N) is 3. The Hall–Kier alpha value is -5.36. The van der Waals surface area contributed by atoms with Crippen LogP contribution >= 0.6 is 46.7 Å². The fourth-order valence-electron chi connectivity index (χ4n) is 12.0. The predicted octanol–water partition coefficient (Wildman–Crippen LogP) is 13.6. The summed E-state index contributed by atoms with van der Waals surface area (Å²) in [5, 5.41) is 20.9. The molecule has 2 fully saturated rings. The summed E-state index contributed by atoms with van der Waals surface area (Å²) in [5.41, 5.74) is 9.26. The average Bonchev–Trinajstić information content (AvgIpc) is 3.68. The first-order valence-corrected chi connectivity index (χ1v) is 29.1. The molecule has 7 nitrogen and oxygen atoms in total. The summed E-state index contributed by atoms with van der Waals surface area (Å²) >= 11 is 16.8. The Labute approximate surface area is 463 Å². The monoisotopic (exact) mass is 1070 g/mol. The van der Waals surface area contributed by atoms with Gasteiger partial charge in [0.25, 0.3) is 0 Å². The van der Waals surface area contributed by atoms with Crippen molar-refractivity contribution in [1.82, 2.24) is 15.1 Å². The third kappa shape index (κ3) is 12.3. The lowest BCUT2D eigenvalue weighted by molar-refractivity contribution is -0.122. The van der Waals surface area contributed by atoms with E-state index in [4.69, 9.17) is 28.0 Å². The van der Waals surface area contributed by atoms with Gasteiger partial charge in [-0.3, -0.25) is 14.6 Å². The van der Waals surface area contributed by atoms with Crippen molar-refractivity contribution in [3.63, 3.8) is 0 Å². The Kier molecular flexibility index (Phi) is 19.0. The summed E-state index contributed by atoms with van der Waals surface area (Å²) in [5.74, 6) is 1.48. The second-order valence-corrected chi connectivity index (χ2v) is 23.0. The zero-order valence-electron chi connectivity index (χ0n) is 42.9. The van der Waals surface area contributed by atoms with Gasteiger partial charge >= 0.3 is 0 Å². The summed E-state index contributed by atoms with van der Waals surface area (Å²) in [6.45, 7) is 5.05. The molecular formula is C64H68Cl2N4O3S2. The van der Waals surface area contributed by atoms with E-state index >= 15 is 0 Å². The summed E-state index contributed by atoms with van der Waals surface area (Å²) in [4.78, 5) is 24.7. The highest BCUT2D eigenvalue weighted by atomic mass is 35.5. The molecular weight excluding hydrogens is 1010 g/mol. The largest absolute Gasteiger partial charge is 0.399 e. The molecule has 2 unspecified atom stereocenters. The van der Waals surface area contributed by atoms with Gasteiger partial charge in [-0.2, -0.15) is 0 Å². The maximum Gasteiger partial charge on any atom is 0.234 e.